The van der Waals surface area contributed by atoms with Gasteiger partial charge in [0.1, 0.15) is 0 Å². The fourth-order valence-electron chi connectivity index (χ4n) is 3.67. The summed E-state index contributed by atoms with van der Waals surface area (Å²) in [6, 6.07) is 18.0. The quantitative estimate of drug-likeness (QED) is 0.840. The molecule has 1 heterocycles. The van der Waals surface area contributed by atoms with E-state index in [1.165, 1.54) is 29.7 Å². The van der Waals surface area contributed by atoms with Crippen LogP contribution in [0.15, 0.2) is 42.5 Å². The van der Waals surface area contributed by atoms with E-state index in [1.54, 1.807) is 0 Å². The summed E-state index contributed by atoms with van der Waals surface area (Å²) in [6.07, 6.45) is 3.59. The van der Waals surface area contributed by atoms with Gasteiger partial charge in [-0.05, 0) is 66.1 Å². The van der Waals surface area contributed by atoms with E-state index in [9.17, 15) is 0 Å². The fourth-order valence-corrected chi connectivity index (χ4v) is 3.67. The molecule has 0 aromatic heterocycles. The molecule has 1 unspecified atom stereocenters. The molecule has 2 aromatic rings. The summed E-state index contributed by atoms with van der Waals surface area (Å²) < 4.78 is 0. The second kappa shape index (κ2) is 5.56. The number of benzene rings is 2. The van der Waals surface area contributed by atoms with Gasteiger partial charge in [-0.3, -0.25) is 0 Å². The molecule has 0 spiro atoms. The first-order valence-electron chi connectivity index (χ1n) is 8.73. The fraction of sp³-hybridized carbons (Fsp3) is 0.381. The van der Waals surface area contributed by atoms with Crippen LogP contribution in [0.3, 0.4) is 0 Å². The summed E-state index contributed by atoms with van der Waals surface area (Å²) in [5.41, 5.74) is 5.71. The van der Waals surface area contributed by atoms with E-state index < -0.39 is 0 Å². The first-order chi connectivity index (χ1) is 11.5. The van der Waals surface area contributed by atoms with Crippen LogP contribution in [0.2, 0.25) is 0 Å². The Bertz CT molecular complexity index is 812. The summed E-state index contributed by atoms with van der Waals surface area (Å²) in [5, 5.41) is 16.4. The van der Waals surface area contributed by atoms with Gasteiger partial charge in [-0.2, -0.15) is 5.26 Å². The van der Waals surface area contributed by atoms with Crippen LogP contribution in [0.25, 0.3) is 0 Å². The van der Waals surface area contributed by atoms with Crippen LogP contribution >= 0.6 is 0 Å². The molecular weight excluding hydrogens is 294 g/mol. The van der Waals surface area contributed by atoms with Crippen molar-refractivity contribution in [2.45, 2.75) is 50.6 Å². The van der Waals surface area contributed by atoms with Gasteiger partial charge >= 0.3 is 0 Å². The Kier molecular flexibility index (Phi) is 3.49. The topological polar surface area (TPSA) is 47.8 Å². The summed E-state index contributed by atoms with van der Waals surface area (Å²) in [6.45, 7) is 4.54. The molecule has 122 valence electrons. The Morgan fingerprint density at radius 3 is 2.75 bits per heavy atom. The van der Waals surface area contributed by atoms with E-state index in [-0.39, 0.29) is 5.41 Å². The van der Waals surface area contributed by atoms with E-state index in [0.29, 0.717) is 12.1 Å². The molecule has 1 atom stereocenters. The number of nitriles is 1. The van der Waals surface area contributed by atoms with Gasteiger partial charge in [0.15, 0.2) is 0 Å². The molecular formula is C21H23N3. The van der Waals surface area contributed by atoms with Crippen LogP contribution in [-0.2, 0) is 5.41 Å². The maximum atomic E-state index is 9.17. The lowest BCUT2D eigenvalue weighted by Gasteiger charge is -2.39. The van der Waals surface area contributed by atoms with Gasteiger partial charge in [0.2, 0.25) is 0 Å². The van der Waals surface area contributed by atoms with Crippen LogP contribution < -0.4 is 10.6 Å². The number of nitrogens with one attached hydrogen (secondary N) is 2. The third-order valence-electron chi connectivity index (χ3n) is 5.16. The molecule has 2 aromatic carbocycles. The minimum atomic E-state index is 0.0397. The molecule has 1 aliphatic heterocycles. The van der Waals surface area contributed by atoms with Gasteiger partial charge < -0.3 is 10.6 Å². The standard InChI is InChI=1S/C21H23N3/c1-21(2)12-20(24-19-9-6-14(13-22)10-18(19)21)15-4-3-5-17(11-15)23-16-7-8-16/h3-6,9-11,16,20,23-24H,7-8,12H2,1-2H3. The van der Waals surface area contributed by atoms with Gasteiger partial charge in [0.25, 0.3) is 0 Å². The van der Waals surface area contributed by atoms with Gasteiger partial charge in [-0.1, -0.05) is 26.0 Å². The Labute approximate surface area is 143 Å². The van der Waals surface area contributed by atoms with Crippen molar-refractivity contribution in [3.05, 3.63) is 59.2 Å². The van der Waals surface area contributed by atoms with E-state index in [1.807, 2.05) is 18.2 Å². The molecule has 2 aliphatic rings. The lowest BCUT2D eigenvalue weighted by molar-refractivity contribution is 0.427. The first kappa shape index (κ1) is 15.1. The first-order valence-corrected chi connectivity index (χ1v) is 8.73. The Morgan fingerprint density at radius 2 is 2.00 bits per heavy atom. The highest BCUT2D eigenvalue weighted by atomic mass is 15.0. The third kappa shape index (κ3) is 2.85. The zero-order chi connectivity index (χ0) is 16.7. The average Bonchev–Trinajstić information content (AvgIpc) is 3.38. The molecule has 1 saturated carbocycles. The van der Waals surface area contributed by atoms with Crippen LogP contribution in [0.5, 0.6) is 0 Å². The second-order valence-corrected chi connectivity index (χ2v) is 7.70. The molecule has 2 N–H and O–H groups in total. The average molecular weight is 317 g/mol. The molecule has 0 bridgehead atoms. The van der Waals surface area contributed by atoms with Crippen molar-refractivity contribution in [1.29, 1.82) is 5.26 Å². The monoisotopic (exact) mass is 317 g/mol. The van der Waals surface area contributed by atoms with Crippen molar-refractivity contribution in [3.8, 4) is 6.07 Å². The molecule has 0 amide bonds. The van der Waals surface area contributed by atoms with E-state index >= 15 is 0 Å². The molecule has 3 nitrogen and oxygen atoms in total. The Hall–Kier alpha value is -2.47. The predicted octanol–water partition coefficient (Wildman–Crippen LogP) is 4.97. The number of hydrogen-bond donors (Lipinski definition) is 2. The van der Waals surface area contributed by atoms with Crippen LogP contribution in [-0.4, -0.2) is 6.04 Å². The predicted molar refractivity (Wildman–Crippen MR) is 98.3 cm³/mol. The van der Waals surface area contributed by atoms with Crippen molar-refractivity contribution in [3.63, 3.8) is 0 Å². The molecule has 0 radical (unpaired) electrons. The van der Waals surface area contributed by atoms with E-state index in [2.05, 4.69) is 54.8 Å². The lowest BCUT2D eigenvalue weighted by Crippen LogP contribution is -2.31. The van der Waals surface area contributed by atoms with Crippen molar-refractivity contribution < 1.29 is 0 Å². The molecule has 0 saturated heterocycles. The molecule has 4 rings (SSSR count). The van der Waals surface area contributed by atoms with Gasteiger partial charge in [-0.25, -0.2) is 0 Å². The van der Waals surface area contributed by atoms with Crippen LogP contribution in [0.4, 0.5) is 11.4 Å². The SMILES string of the molecule is CC1(C)CC(c2cccc(NC3CC3)c2)Nc2ccc(C#N)cc21. The van der Waals surface area contributed by atoms with Crippen molar-refractivity contribution in [1.82, 2.24) is 0 Å². The summed E-state index contributed by atoms with van der Waals surface area (Å²) in [4.78, 5) is 0. The Morgan fingerprint density at radius 1 is 1.17 bits per heavy atom. The number of fused-ring (bicyclic) bond motifs is 1. The minimum absolute atomic E-state index is 0.0397. The smallest absolute Gasteiger partial charge is 0.0991 e. The highest BCUT2D eigenvalue weighted by Gasteiger charge is 2.33. The number of hydrogen-bond acceptors (Lipinski definition) is 3. The van der Waals surface area contributed by atoms with E-state index in [4.69, 9.17) is 5.26 Å². The Balaban J connectivity index is 1.65. The molecule has 1 fully saturated rings. The summed E-state index contributed by atoms with van der Waals surface area (Å²) in [5.74, 6) is 0. The normalized spacial score (nSPS) is 21.3. The zero-order valence-corrected chi connectivity index (χ0v) is 14.3. The number of anilines is 2. The van der Waals surface area contributed by atoms with Gasteiger partial charge in [0, 0.05) is 17.4 Å². The highest BCUT2D eigenvalue weighted by Crippen LogP contribution is 2.44. The largest absolute Gasteiger partial charge is 0.382 e. The summed E-state index contributed by atoms with van der Waals surface area (Å²) >= 11 is 0. The molecule has 1 aliphatic carbocycles. The number of rotatable bonds is 3. The minimum Gasteiger partial charge on any atom is -0.382 e. The maximum Gasteiger partial charge on any atom is 0.0991 e. The highest BCUT2D eigenvalue weighted by molar-refractivity contribution is 5.61. The molecule has 24 heavy (non-hydrogen) atoms. The molecule has 3 heteroatoms. The second-order valence-electron chi connectivity index (χ2n) is 7.70. The zero-order valence-electron chi connectivity index (χ0n) is 14.3. The van der Waals surface area contributed by atoms with Crippen LogP contribution in [0.1, 0.15) is 55.8 Å². The van der Waals surface area contributed by atoms with Crippen molar-refractivity contribution >= 4 is 11.4 Å². The van der Waals surface area contributed by atoms with Crippen molar-refractivity contribution in [2.24, 2.45) is 0 Å². The lowest BCUT2D eigenvalue weighted by atomic mass is 9.73. The van der Waals surface area contributed by atoms with Crippen molar-refractivity contribution in [2.75, 3.05) is 10.6 Å². The maximum absolute atomic E-state index is 9.17. The van der Waals surface area contributed by atoms with E-state index in [0.717, 1.165) is 17.7 Å². The summed E-state index contributed by atoms with van der Waals surface area (Å²) in [7, 11) is 0. The van der Waals surface area contributed by atoms with Gasteiger partial charge in [0.05, 0.1) is 17.7 Å². The number of nitrogens with zero attached hydrogens (tertiary/aromatic N) is 1. The van der Waals surface area contributed by atoms with Crippen LogP contribution in [0, 0.1) is 11.3 Å². The third-order valence-corrected chi connectivity index (χ3v) is 5.16. The van der Waals surface area contributed by atoms with Gasteiger partial charge in [-0.15, -0.1) is 0 Å².